The highest BCUT2D eigenvalue weighted by Gasteiger charge is 2.24. The van der Waals surface area contributed by atoms with Crippen LogP contribution in [0.5, 0.6) is 0 Å². The van der Waals surface area contributed by atoms with Crippen molar-refractivity contribution in [3.05, 3.63) is 30.6 Å². The zero-order chi connectivity index (χ0) is 11.0. The molecular formula is C9H11IN2O3. The second-order valence-electron chi connectivity index (χ2n) is 3.62. The monoisotopic (exact) mass is 322 g/mol. The van der Waals surface area contributed by atoms with Crippen molar-refractivity contribution in [1.29, 1.82) is 0 Å². The zero-order valence-electron chi connectivity index (χ0n) is 8.20. The fourth-order valence-corrected chi connectivity index (χ4v) is 2.10. The van der Waals surface area contributed by atoms with Crippen molar-refractivity contribution in [1.82, 2.24) is 9.55 Å². The average molecular weight is 322 g/mol. The molecule has 1 aliphatic rings. The smallest absolute Gasteiger partial charge is 0.330 e. The van der Waals surface area contributed by atoms with Crippen LogP contribution in [0.15, 0.2) is 15.8 Å². The highest BCUT2D eigenvalue weighted by Crippen LogP contribution is 2.26. The van der Waals surface area contributed by atoms with E-state index in [0.717, 1.165) is 12.8 Å². The molecule has 2 rings (SSSR count). The van der Waals surface area contributed by atoms with Gasteiger partial charge in [0.05, 0.1) is 9.67 Å². The number of hydrogen-bond donors (Lipinski definition) is 1. The lowest BCUT2D eigenvalue weighted by Crippen LogP contribution is -2.33. The molecule has 0 aliphatic carbocycles. The van der Waals surface area contributed by atoms with E-state index in [0.29, 0.717) is 3.57 Å². The topological polar surface area (TPSA) is 64.1 Å². The SMILES string of the molecule is CC1CCC(n2cc(I)c(=O)[nH]c2=O)O1. The van der Waals surface area contributed by atoms with Gasteiger partial charge in [-0.2, -0.15) is 0 Å². The Kier molecular flexibility index (Phi) is 2.96. The van der Waals surface area contributed by atoms with Gasteiger partial charge in [0.2, 0.25) is 0 Å². The quantitative estimate of drug-likeness (QED) is 0.780. The van der Waals surface area contributed by atoms with Gasteiger partial charge in [-0.25, -0.2) is 4.79 Å². The minimum Gasteiger partial charge on any atom is -0.355 e. The normalized spacial score (nSPS) is 25.7. The number of halogens is 1. The molecule has 0 spiro atoms. The Morgan fingerprint density at radius 3 is 2.87 bits per heavy atom. The van der Waals surface area contributed by atoms with Crippen LogP contribution in [-0.2, 0) is 4.74 Å². The molecule has 1 aliphatic heterocycles. The van der Waals surface area contributed by atoms with Gasteiger partial charge in [0.15, 0.2) is 0 Å². The molecule has 5 nitrogen and oxygen atoms in total. The molecule has 15 heavy (non-hydrogen) atoms. The Morgan fingerprint density at radius 1 is 1.53 bits per heavy atom. The number of aromatic amines is 1. The molecule has 1 aromatic heterocycles. The summed E-state index contributed by atoms with van der Waals surface area (Å²) in [6.45, 7) is 1.97. The fraction of sp³-hybridized carbons (Fsp3) is 0.556. The van der Waals surface area contributed by atoms with Gasteiger partial charge < -0.3 is 4.74 Å². The van der Waals surface area contributed by atoms with Crippen LogP contribution in [0.4, 0.5) is 0 Å². The van der Waals surface area contributed by atoms with Crippen molar-refractivity contribution < 1.29 is 4.74 Å². The maximum atomic E-state index is 11.5. The molecule has 1 N–H and O–H groups in total. The Bertz CT molecular complexity index is 479. The third-order valence-electron chi connectivity index (χ3n) is 2.44. The maximum Gasteiger partial charge on any atom is 0.330 e. The first-order valence-corrected chi connectivity index (χ1v) is 5.82. The molecule has 0 amide bonds. The third-order valence-corrected chi connectivity index (χ3v) is 3.21. The van der Waals surface area contributed by atoms with Crippen LogP contribution < -0.4 is 11.2 Å². The van der Waals surface area contributed by atoms with E-state index in [1.165, 1.54) is 4.57 Å². The van der Waals surface area contributed by atoms with Crippen molar-refractivity contribution in [2.45, 2.75) is 32.1 Å². The van der Waals surface area contributed by atoms with Crippen molar-refractivity contribution in [3.63, 3.8) is 0 Å². The predicted molar refractivity (Wildman–Crippen MR) is 62.9 cm³/mol. The van der Waals surface area contributed by atoms with Gasteiger partial charge in [-0.3, -0.25) is 14.3 Å². The third kappa shape index (κ3) is 2.15. The molecule has 6 heteroatoms. The molecule has 2 unspecified atom stereocenters. The zero-order valence-corrected chi connectivity index (χ0v) is 10.4. The summed E-state index contributed by atoms with van der Waals surface area (Å²) in [7, 11) is 0. The van der Waals surface area contributed by atoms with Gasteiger partial charge in [0.1, 0.15) is 6.23 Å². The Morgan fingerprint density at radius 2 is 2.27 bits per heavy atom. The Balaban J connectivity index is 2.41. The van der Waals surface area contributed by atoms with E-state index in [4.69, 9.17) is 4.74 Å². The van der Waals surface area contributed by atoms with Crippen molar-refractivity contribution >= 4 is 22.6 Å². The van der Waals surface area contributed by atoms with Crippen LogP contribution in [0, 0.1) is 3.57 Å². The number of ether oxygens (including phenoxy) is 1. The van der Waals surface area contributed by atoms with E-state index in [2.05, 4.69) is 4.98 Å². The Labute approximate surface area is 99.6 Å². The van der Waals surface area contributed by atoms with E-state index >= 15 is 0 Å². The van der Waals surface area contributed by atoms with Gasteiger partial charge >= 0.3 is 5.69 Å². The molecule has 82 valence electrons. The second-order valence-corrected chi connectivity index (χ2v) is 4.78. The average Bonchev–Trinajstić information content (AvgIpc) is 2.58. The maximum absolute atomic E-state index is 11.5. The fourth-order valence-electron chi connectivity index (χ4n) is 1.66. The van der Waals surface area contributed by atoms with Crippen LogP contribution in [0.2, 0.25) is 0 Å². The summed E-state index contributed by atoms with van der Waals surface area (Å²) in [5.41, 5.74) is -0.748. The lowest BCUT2D eigenvalue weighted by atomic mass is 10.2. The molecule has 0 aromatic carbocycles. The largest absolute Gasteiger partial charge is 0.355 e. The molecule has 1 aromatic rings. The van der Waals surface area contributed by atoms with Crippen LogP contribution in [0.25, 0.3) is 0 Å². The van der Waals surface area contributed by atoms with Crippen LogP contribution >= 0.6 is 22.6 Å². The van der Waals surface area contributed by atoms with Gasteiger partial charge in [-0.1, -0.05) is 0 Å². The second kappa shape index (κ2) is 4.09. The van der Waals surface area contributed by atoms with Crippen molar-refractivity contribution in [2.24, 2.45) is 0 Å². The molecule has 1 saturated heterocycles. The van der Waals surface area contributed by atoms with Crippen LogP contribution in [0.1, 0.15) is 26.0 Å². The molecule has 1 fully saturated rings. The number of rotatable bonds is 1. The standard InChI is InChI=1S/C9H11IN2O3/c1-5-2-3-7(15-5)12-4-6(10)8(13)11-9(12)14/h4-5,7H,2-3H2,1H3,(H,11,13,14). The number of hydrogen-bond acceptors (Lipinski definition) is 3. The van der Waals surface area contributed by atoms with Crippen molar-refractivity contribution in [3.8, 4) is 0 Å². The summed E-state index contributed by atoms with van der Waals surface area (Å²) in [4.78, 5) is 24.9. The van der Waals surface area contributed by atoms with Crippen molar-refractivity contribution in [2.75, 3.05) is 0 Å². The van der Waals surface area contributed by atoms with E-state index < -0.39 is 5.69 Å². The van der Waals surface area contributed by atoms with E-state index in [1.54, 1.807) is 6.20 Å². The van der Waals surface area contributed by atoms with Crippen LogP contribution in [-0.4, -0.2) is 15.7 Å². The van der Waals surface area contributed by atoms with Gasteiger partial charge in [-0.15, -0.1) is 0 Å². The first-order valence-electron chi connectivity index (χ1n) is 4.74. The lowest BCUT2D eigenvalue weighted by molar-refractivity contribution is 0.00777. The predicted octanol–water partition coefficient (Wildman–Crippen LogP) is 0.839. The van der Waals surface area contributed by atoms with Gasteiger partial charge in [-0.05, 0) is 42.4 Å². The summed E-state index contributed by atoms with van der Waals surface area (Å²) in [6.07, 6.45) is 3.23. The summed E-state index contributed by atoms with van der Waals surface area (Å²) in [5, 5.41) is 0. The molecule has 2 atom stereocenters. The summed E-state index contributed by atoms with van der Waals surface area (Å²) in [6, 6.07) is 0. The number of H-pyrrole nitrogens is 1. The van der Waals surface area contributed by atoms with E-state index in [-0.39, 0.29) is 17.9 Å². The Hall–Kier alpha value is -0.630. The first kappa shape index (κ1) is 10.9. The number of nitrogens with zero attached hydrogens (tertiary/aromatic N) is 1. The molecule has 0 radical (unpaired) electrons. The minimum atomic E-state index is -0.403. The highest BCUT2D eigenvalue weighted by atomic mass is 127. The molecule has 0 saturated carbocycles. The molecule has 0 bridgehead atoms. The lowest BCUT2D eigenvalue weighted by Gasteiger charge is -2.13. The van der Waals surface area contributed by atoms with Crippen LogP contribution in [0.3, 0.4) is 0 Å². The molecule has 2 heterocycles. The number of nitrogens with one attached hydrogen (secondary N) is 1. The summed E-state index contributed by atoms with van der Waals surface area (Å²) >= 11 is 1.90. The first-order chi connectivity index (χ1) is 7.08. The molecular weight excluding hydrogens is 311 g/mol. The van der Waals surface area contributed by atoms with E-state index in [1.807, 2.05) is 29.5 Å². The number of aromatic nitrogens is 2. The van der Waals surface area contributed by atoms with Gasteiger partial charge in [0.25, 0.3) is 5.56 Å². The van der Waals surface area contributed by atoms with Gasteiger partial charge in [0, 0.05) is 6.20 Å². The minimum absolute atomic E-state index is 0.173. The summed E-state index contributed by atoms with van der Waals surface area (Å²) in [5.74, 6) is 0. The highest BCUT2D eigenvalue weighted by molar-refractivity contribution is 14.1. The van der Waals surface area contributed by atoms with E-state index in [9.17, 15) is 9.59 Å². The summed E-state index contributed by atoms with van der Waals surface area (Å²) < 4.78 is 7.51.